The lowest BCUT2D eigenvalue weighted by Gasteiger charge is -2.14. The number of nitrogens with zero attached hydrogens (tertiary/aromatic N) is 1. The highest BCUT2D eigenvalue weighted by Crippen LogP contribution is 2.32. The smallest absolute Gasteiger partial charge is 0.257 e. The van der Waals surface area contributed by atoms with Gasteiger partial charge in [-0.1, -0.05) is 25.1 Å². The molecule has 6 nitrogen and oxygen atoms in total. The van der Waals surface area contributed by atoms with Crippen molar-refractivity contribution < 1.29 is 19.0 Å². The van der Waals surface area contributed by atoms with Gasteiger partial charge in [0.1, 0.15) is 5.75 Å². The fourth-order valence-corrected chi connectivity index (χ4v) is 3.41. The van der Waals surface area contributed by atoms with Crippen molar-refractivity contribution in [3.05, 3.63) is 77.6 Å². The maximum absolute atomic E-state index is 12.9. The Morgan fingerprint density at radius 2 is 1.82 bits per heavy atom. The van der Waals surface area contributed by atoms with Crippen molar-refractivity contribution in [3.8, 4) is 17.2 Å². The Morgan fingerprint density at radius 1 is 1.03 bits per heavy atom. The van der Waals surface area contributed by atoms with Gasteiger partial charge in [-0.05, 0) is 63.6 Å². The lowest BCUT2D eigenvalue weighted by Crippen LogP contribution is -2.16. The van der Waals surface area contributed by atoms with Crippen LogP contribution in [-0.4, -0.2) is 30.2 Å². The third kappa shape index (κ3) is 7.05. The fourth-order valence-electron chi connectivity index (χ4n) is 3.41. The number of aryl methyl sites for hydroxylation is 1. The molecule has 0 radical (unpaired) electrons. The van der Waals surface area contributed by atoms with E-state index in [-0.39, 0.29) is 12.0 Å². The zero-order chi connectivity index (χ0) is 23.6. The van der Waals surface area contributed by atoms with E-state index >= 15 is 0 Å². The van der Waals surface area contributed by atoms with E-state index in [4.69, 9.17) is 14.2 Å². The lowest BCUT2D eigenvalue weighted by atomic mass is 10.1. The van der Waals surface area contributed by atoms with Crippen LogP contribution in [-0.2, 0) is 11.2 Å². The second-order valence-electron chi connectivity index (χ2n) is 7.78. The van der Waals surface area contributed by atoms with Gasteiger partial charge in [0.25, 0.3) is 5.91 Å². The van der Waals surface area contributed by atoms with E-state index in [0.29, 0.717) is 47.2 Å². The SMILES string of the molecule is CCCOC(C)Cc1ccc(C(=O)Nc2cccc(Oc3ccccc3OCC)c2)c(C)n1. The molecule has 1 unspecified atom stereocenters. The van der Waals surface area contributed by atoms with Crippen molar-refractivity contribution in [1.82, 2.24) is 4.98 Å². The second-order valence-corrected chi connectivity index (χ2v) is 7.78. The fraction of sp³-hybridized carbons (Fsp3) is 0.333. The number of carbonyl (C=O) groups excluding carboxylic acids is 1. The molecule has 3 rings (SSSR count). The molecule has 1 amide bonds. The summed E-state index contributed by atoms with van der Waals surface area (Å²) in [6.07, 6.45) is 1.79. The average molecular weight is 449 g/mol. The molecule has 0 aliphatic carbocycles. The first-order chi connectivity index (χ1) is 16.0. The minimum atomic E-state index is -0.214. The summed E-state index contributed by atoms with van der Waals surface area (Å²) in [5.41, 5.74) is 2.77. The molecule has 0 bridgehead atoms. The summed E-state index contributed by atoms with van der Waals surface area (Å²) in [5.74, 6) is 1.68. The quantitative estimate of drug-likeness (QED) is 0.379. The molecular weight excluding hydrogens is 416 g/mol. The van der Waals surface area contributed by atoms with Crippen LogP contribution in [0.4, 0.5) is 5.69 Å². The molecule has 1 atom stereocenters. The molecule has 0 spiro atoms. The van der Waals surface area contributed by atoms with Crippen LogP contribution in [0.15, 0.2) is 60.7 Å². The first-order valence-electron chi connectivity index (χ1n) is 11.4. The van der Waals surface area contributed by atoms with Crippen LogP contribution < -0.4 is 14.8 Å². The number of para-hydroxylation sites is 2. The Hall–Kier alpha value is -3.38. The topological polar surface area (TPSA) is 69.7 Å². The maximum Gasteiger partial charge on any atom is 0.257 e. The number of nitrogens with one attached hydrogen (secondary N) is 1. The van der Waals surface area contributed by atoms with Gasteiger partial charge in [-0.2, -0.15) is 0 Å². The normalized spacial score (nSPS) is 11.6. The third-order valence-corrected chi connectivity index (χ3v) is 4.96. The number of anilines is 1. The minimum absolute atomic E-state index is 0.0899. The number of ether oxygens (including phenoxy) is 3. The van der Waals surface area contributed by atoms with Crippen LogP contribution in [0, 0.1) is 6.92 Å². The van der Waals surface area contributed by atoms with Gasteiger partial charge >= 0.3 is 0 Å². The summed E-state index contributed by atoms with van der Waals surface area (Å²) >= 11 is 0. The third-order valence-electron chi connectivity index (χ3n) is 4.96. The molecule has 1 heterocycles. The molecule has 0 saturated heterocycles. The van der Waals surface area contributed by atoms with E-state index in [9.17, 15) is 4.79 Å². The number of pyridine rings is 1. The van der Waals surface area contributed by atoms with Crippen LogP contribution in [0.1, 0.15) is 48.9 Å². The number of rotatable bonds is 11. The van der Waals surface area contributed by atoms with Crippen LogP contribution >= 0.6 is 0 Å². The number of hydrogen-bond acceptors (Lipinski definition) is 5. The van der Waals surface area contributed by atoms with Crippen molar-refractivity contribution in [2.75, 3.05) is 18.5 Å². The summed E-state index contributed by atoms with van der Waals surface area (Å²) in [5, 5.41) is 2.94. The predicted molar refractivity (Wildman–Crippen MR) is 130 cm³/mol. The minimum Gasteiger partial charge on any atom is -0.490 e. The zero-order valence-electron chi connectivity index (χ0n) is 19.8. The van der Waals surface area contributed by atoms with Crippen molar-refractivity contribution in [1.29, 1.82) is 0 Å². The molecule has 6 heteroatoms. The van der Waals surface area contributed by atoms with Gasteiger partial charge in [-0.3, -0.25) is 9.78 Å². The summed E-state index contributed by atoms with van der Waals surface area (Å²) < 4.78 is 17.3. The molecule has 0 aliphatic heterocycles. The largest absolute Gasteiger partial charge is 0.490 e. The Bertz CT molecular complexity index is 1070. The van der Waals surface area contributed by atoms with Gasteiger partial charge in [0, 0.05) is 30.5 Å². The molecule has 0 saturated carbocycles. The summed E-state index contributed by atoms with van der Waals surface area (Å²) in [4.78, 5) is 17.5. The molecule has 1 aromatic heterocycles. The Morgan fingerprint density at radius 3 is 2.55 bits per heavy atom. The van der Waals surface area contributed by atoms with Gasteiger partial charge in [-0.15, -0.1) is 0 Å². The van der Waals surface area contributed by atoms with E-state index in [2.05, 4.69) is 17.2 Å². The number of amides is 1. The second kappa shape index (κ2) is 12.0. The number of benzene rings is 2. The molecule has 3 aromatic rings. The average Bonchev–Trinajstić information content (AvgIpc) is 2.79. The Labute approximate surface area is 195 Å². The van der Waals surface area contributed by atoms with Crippen LogP contribution in [0.5, 0.6) is 17.2 Å². The lowest BCUT2D eigenvalue weighted by molar-refractivity contribution is 0.0663. The molecule has 33 heavy (non-hydrogen) atoms. The van der Waals surface area contributed by atoms with Gasteiger partial charge in [0.05, 0.1) is 24.0 Å². The van der Waals surface area contributed by atoms with Crippen molar-refractivity contribution in [2.24, 2.45) is 0 Å². The number of carbonyl (C=O) groups is 1. The van der Waals surface area contributed by atoms with Crippen molar-refractivity contribution >= 4 is 11.6 Å². The first kappa shape index (κ1) is 24.3. The van der Waals surface area contributed by atoms with E-state index < -0.39 is 0 Å². The van der Waals surface area contributed by atoms with Crippen molar-refractivity contribution in [2.45, 2.75) is 46.6 Å². The molecule has 174 valence electrons. The van der Waals surface area contributed by atoms with Crippen LogP contribution in [0.3, 0.4) is 0 Å². The van der Waals surface area contributed by atoms with E-state index in [1.54, 1.807) is 6.07 Å². The zero-order valence-corrected chi connectivity index (χ0v) is 19.8. The molecular formula is C27H32N2O4. The highest BCUT2D eigenvalue weighted by molar-refractivity contribution is 6.05. The van der Waals surface area contributed by atoms with Crippen LogP contribution in [0.2, 0.25) is 0 Å². The van der Waals surface area contributed by atoms with Gasteiger partial charge in [0.15, 0.2) is 11.5 Å². The predicted octanol–water partition coefficient (Wildman–Crippen LogP) is 6.19. The van der Waals surface area contributed by atoms with Crippen LogP contribution in [0.25, 0.3) is 0 Å². The van der Waals surface area contributed by atoms with Gasteiger partial charge in [0.2, 0.25) is 0 Å². The monoisotopic (exact) mass is 448 g/mol. The van der Waals surface area contributed by atoms with E-state index in [1.165, 1.54) is 0 Å². The number of aromatic nitrogens is 1. The van der Waals surface area contributed by atoms with Gasteiger partial charge < -0.3 is 19.5 Å². The van der Waals surface area contributed by atoms with E-state index in [0.717, 1.165) is 18.7 Å². The standard InChI is InChI=1S/C27H32N2O4/c1-5-16-32-19(3)17-22-14-15-24(20(4)28-22)27(30)29-21-10-9-11-23(18-21)33-26-13-8-7-12-25(26)31-6-2/h7-15,18-19H,5-6,16-17H2,1-4H3,(H,29,30). The number of hydrogen-bond donors (Lipinski definition) is 1. The Kier molecular flexibility index (Phi) is 8.84. The van der Waals surface area contributed by atoms with Gasteiger partial charge in [-0.25, -0.2) is 0 Å². The Balaban J connectivity index is 1.67. The molecule has 2 aromatic carbocycles. The van der Waals surface area contributed by atoms with Crippen molar-refractivity contribution in [3.63, 3.8) is 0 Å². The highest BCUT2D eigenvalue weighted by Gasteiger charge is 2.13. The maximum atomic E-state index is 12.9. The van der Waals surface area contributed by atoms with E-state index in [1.807, 2.05) is 75.4 Å². The summed E-state index contributed by atoms with van der Waals surface area (Å²) in [6.45, 7) is 9.19. The first-order valence-corrected chi connectivity index (χ1v) is 11.4. The molecule has 1 N–H and O–H groups in total. The summed E-state index contributed by atoms with van der Waals surface area (Å²) in [6, 6.07) is 18.5. The summed E-state index contributed by atoms with van der Waals surface area (Å²) in [7, 11) is 0. The highest BCUT2D eigenvalue weighted by atomic mass is 16.5. The molecule has 0 fully saturated rings. The molecule has 0 aliphatic rings.